The first kappa shape index (κ1) is 31.2. The van der Waals surface area contributed by atoms with Gasteiger partial charge in [0.1, 0.15) is 5.82 Å². The van der Waals surface area contributed by atoms with Crippen LogP contribution in [0.2, 0.25) is 0 Å². The third-order valence-corrected chi connectivity index (χ3v) is 8.12. The molecule has 220 valence electrons. The summed E-state index contributed by atoms with van der Waals surface area (Å²) in [5.74, 6) is -4.37. The molecule has 3 rings (SSSR count). The van der Waals surface area contributed by atoms with E-state index in [0.717, 1.165) is 76.3 Å². The minimum absolute atomic E-state index is 0.126. The van der Waals surface area contributed by atoms with Crippen LogP contribution in [-0.2, 0) is 14.3 Å². The number of amides is 3. The Morgan fingerprint density at radius 1 is 0.975 bits per heavy atom. The molecule has 2 aliphatic carbocycles. The Bertz CT molecular complexity index is 1080. The number of nitrogens with zero attached hydrogens (tertiary/aromatic N) is 1. The summed E-state index contributed by atoms with van der Waals surface area (Å²) in [7, 11) is 0. The van der Waals surface area contributed by atoms with Gasteiger partial charge in [-0.2, -0.15) is 5.26 Å². The largest absolute Gasteiger partial charge is 0.436 e. The minimum Gasteiger partial charge on any atom is -0.436 e. The molecular formula is C28H36F4N4O4. The molecule has 4 N–H and O–H groups in total. The second kappa shape index (κ2) is 14.3. The van der Waals surface area contributed by atoms with Gasteiger partial charge in [0.15, 0.2) is 6.10 Å². The molecule has 40 heavy (non-hydrogen) atoms. The molecule has 2 aliphatic rings. The van der Waals surface area contributed by atoms with Crippen molar-refractivity contribution in [3.63, 3.8) is 0 Å². The van der Waals surface area contributed by atoms with Crippen molar-refractivity contribution < 1.29 is 36.7 Å². The molecule has 2 fully saturated rings. The van der Waals surface area contributed by atoms with Crippen LogP contribution in [0.5, 0.6) is 0 Å². The van der Waals surface area contributed by atoms with Crippen LogP contribution in [0.4, 0.5) is 28.0 Å². The van der Waals surface area contributed by atoms with E-state index >= 15 is 4.39 Å². The Balaban J connectivity index is 1.89. The fourth-order valence-corrected chi connectivity index (χ4v) is 6.16. The Kier molecular flexibility index (Phi) is 11.2. The van der Waals surface area contributed by atoms with Gasteiger partial charge in [0, 0.05) is 5.92 Å². The second-order valence-electron chi connectivity index (χ2n) is 10.7. The molecule has 1 aromatic rings. The van der Waals surface area contributed by atoms with E-state index in [0.29, 0.717) is 0 Å². The number of carbonyl (C=O) groups is 3. The Labute approximate surface area is 231 Å². The van der Waals surface area contributed by atoms with Crippen LogP contribution in [-0.4, -0.2) is 36.7 Å². The van der Waals surface area contributed by atoms with Gasteiger partial charge in [-0.15, -0.1) is 0 Å². The predicted molar refractivity (Wildman–Crippen MR) is 138 cm³/mol. The number of benzene rings is 1. The van der Waals surface area contributed by atoms with Crippen LogP contribution in [0.1, 0.15) is 88.2 Å². The zero-order chi connectivity index (χ0) is 29.4. The number of hydrogen-bond donors (Lipinski definition) is 3. The zero-order valence-corrected chi connectivity index (χ0v) is 22.4. The maximum absolute atomic E-state index is 15.2. The SMILES string of the molecule is CC(C(=O)NC(F)C(F)F)c1cc(F)c(NC(=O)[C@@H](OC(N)=O)C(C2CCCCC2)C2CCCCC2)cc1C#N. The number of carbonyl (C=O) groups excluding carboxylic acids is 3. The van der Waals surface area contributed by atoms with E-state index in [4.69, 9.17) is 10.5 Å². The van der Waals surface area contributed by atoms with E-state index in [1.54, 1.807) is 6.07 Å². The topological polar surface area (TPSA) is 134 Å². The average Bonchev–Trinajstić information content (AvgIpc) is 2.93. The summed E-state index contributed by atoms with van der Waals surface area (Å²) in [6, 6.07) is 3.61. The smallest absolute Gasteiger partial charge is 0.405 e. The molecule has 0 spiro atoms. The zero-order valence-electron chi connectivity index (χ0n) is 22.4. The van der Waals surface area contributed by atoms with Crippen molar-refractivity contribution in [2.24, 2.45) is 23.5 Å². The molecule has 0 saturated heterocycles. The van der Waals surface area contributed by atoms with Crippen molar-refractivity contribution in [2.45, 2.75) is 95.9 Å². The van der Waals surface area contributed by atoms with Gasteiger partial charge in [0.05, 0.1) is 23.2 Å². The number of nitriles is 1. The van der Waals surface area contributed by atoms with Crippen LogP contribution >= 0.6 is 0 Å². The maximum atomic E-state index is 15.2. The lowest BCUT2D eigenvalue weighted by molar-refractivity contribution is -0.130. The highest BCUT2D eigenvalue weighted by Crippen LogP contribution is 2.43. The van der Waals surface area contributed by atoms with Crippen molar-refractivity contribution in [3.8, 4) is 6.07 Å². The fraction of sp³-hybridized carbons (Fsp3) is 0.643. The van der Waals surface area contributed by atoms with Crippen molar-refractivity contribution in [3.05, 3.63) is 29.1 Å². The van der Waals surface area contributed by atoms with Gasteiger partial charge in [-0.3, -0.25) is 9.59 Å². The number of primary amides is 1. The van der Waals surface area contributed by atoms with Crippen LogP contribution in [0.25, 0.3) is 0 Å². The Morgan fingerprint density at radius 2 is 1.52 bits per heavy atom. The number of halogens is 4. The molecule has 8 nitrogen and oxygen atoms in total. The monoisotopic (exact) mass is 568 g/mol. The highest BCUT2D eigenvalue weighted by Gasteiger charge is 2.42. The van der Waals surface area contributed by atoms with Gasteiger partial charge in [0.2, 0.25) is 12.2 Å². The van der Waals surface area contributed by atoms with Crippen molar-refractivity contribution in [1.82, 2.24) is 5.32 Å². The van der Waals surface area contributed by atoms with Gasteiger partial charge >= 0.3 is 6.09 Å². The number of ether oxygens (including phenoxy) is 1. The molecule has 12 heteroatoms. The summed E-state index contributed by atoms with van der Waals surface area (Å²) in [6.07, 6.45) is 0.864. The van der Waals surface area contributed by atoms with Crippen molar-refractivity contribution >= 4 is 23.6 Å². The second-order valence-corrected chi connectivity index (χ2v) is 10.7. The van der Waals surface area contributed by atoms with Gasteiger partial charge in [-0.1, -0.05) is 64.2 Å². The number of nitrogens with one attached hydrogen (secondary N) is 2. The number of anilines is 1. The van der Waals surface area contributed by atoms with E-state index in [1.807, 2.05) is 0 Å². The fourth-order valence-electron chi connectivity index (χ4n) is 6.16. The quantitative estimate of drug-likeness (QED) is 0.247. The minimum atomic E-state index is -3.46. The molecule has 0 radical (unpaired) electrons. The van der Waals surface area contributed by atoms with Crippen LogP contribution in [0.3, 0.4) is 0 Å². The maximum Gasteiger partial charge on any atom is 0.405 e. The van der Waals surface area contributed by atoms with Gasteiger partial charge in [-0.05, 0) is 36.5 Å². The summed E-state index contributed by atoms with van der Waals surface area (Å²) >= 11 is 0. The van der Waals surface area contributed by atoms with Crippen molar-refractivity contribution in [1.29, 1.82) is 5.26 Å². The van der Waals surface area contributed by atoms with E-state index in [1.165, 1.54) is 12.2 Å². The highest BCUT2D eigenvalue weighted by molar-refractivity contribution is 5.96. The molecule has 0 aliphatic heterocycles. The first-order valence-electron chi connectivity index (χ1n) is 13.8. The Morgan fingerprint density at radius 3 is 2.00 bits per heavy atom. The van der Waals surface area contributed by atoms with Gasteiger partial charge in [-0.25, -0.2) is 22.4 Å². The summed E-state index contributed by atoms with van der Waals surface area (Å²) < 4.78 is 58.9. The number of rotatable bonds is 10. The summed E-state index contributed by atoms with van der Waals surface area (Å²) in [5.41, 5.74) is 4.57. The summed E-state index contributed by atoms with van der Waals surface area (Å²) in [4.78, 5) is 37.7. The molecule has 0 bridgehead atoms. The molecular weight excluding hydrogens is 532 g/mol. The van der Waals surface area contributed by atoms with Crippen LogP contribution in [0, 0.1) is 34.9 Å². The van der Waals surface area contributed by atoms with E-state index in [2.05, 4.69) is 5.32 Å². The highest BCUT2D eigenvalue weighted by atomic mass is 19.3. The molecule has 0 heterocycles. The number of nitrogens with two attached hydrogens (primary N) is 1. The van der Waals surface area contributed by atoms with Gasteiger partial charge < -0.3 is 21.1 Å². The standard InChI is InChI=1S/C28H36F4N4O4/c1-15(26(37)36-25(32)24(30)31)19-13-20(29)21(12-18(19)14-33)35-27(38)23(40-28(34)39)22(16-8-4-2-5-9-16)17-10-6-3-7-11-17/h12-13,15-17,22-25H,2-11H2,1H3,(H2,34,39)(H,35,38)(H,36,37)/t15?,23-,25?/m0/s1. The van der Waals surface area contributed by atoms with Gasteiger partial charge in [0.25, 0.3) is 12.3 Å². The van der Waals surface area contributed by atoms with Crippen LogP contribution < -0.4 is 16.4 Å². The van der Waals surface area contributed by atoms with E-state index in [9.17, 15) is 32.8 Å². The molecule has 1 aromatic carbocycles. The van der Waals surface area contributed by atoms with E-state index in [-0.39, 0.29) is 28.9 Å². The molecule has 3 amide bonds. The molecule has 0 aromatic heterocycles. The summed E-state index contributed by atoms with van der Waals surface area (Å²) in [5, 5.41) is 13.5. The lowest BCUT2D eigenvalue weighted by atomic mass is 9.67. The average molecular weight is 569 g/mol. The normalized spacial score (nSPS) is 18.9. The van der Waals surface area contributed by atoms with Crippen LogP contribution in [0.15, 0.2) is 12.1 Å². The molecule has 2 unspecified atom stereocenters. The predicted octanol–water partition coefficient (Wildman–Crippen LogP) is 5.66. The third kappa shape index (κ3) is 7.86. The van der Waals surface area contributed by atoms with E-state index < -0.39 is 54.2 Å². The Hall–Kier alpha value is -3.36. The number of alkyl halides is 3. The summed E-state index contributed by atoms with van der Waals surface area (Å²) in [6.45, 7) is 1.21. The first-order valence-corrected chi connectivity index (χ1v) is 13.8. The van der Waals surface area contributed by atoms with Crippen molar-refractivity contribution in [2.75, 3.05) is 5.32 Å². The molecule has 3 atom stereocenters. The number of hydrogen-bond acceptors (Lipinski definition) is 5. The molecule has 2 saturated carbocycles. The lowest BCUT2D eigenvalue weighted by Crippen LogP contribution is -2.46. The first-order chi connectivity index (χ1) is 19.0. The third-order valence-electron chi connectivity index (χ3n) is 8.12. The lowest BCUT2D eigenvalue weighted by Gasteiger charge is -2.40.